The third-order valence-corrected chi connectivity index (χ3v) is 3.35. The van der Waals surface area contributed by atoms with Crippen LogP contribution in [0.15, 0.2) is 0 Å². The lowest BCUT2D eigenvalue weighted by molar-refractivity contribution is -0.145. The zero-order chi connectivity index (χ0) is 17.8. The molecule has 1 fully saturated rings. The number of hydrogen-bond donors (Lipinski definition) is 1. The van der Waals surface area contributed by atoms with E-state index in [1.54, 1.807) is 41.5 Å². The van der Waals surface area contributed by atoms with Gasteiger partial charge in [-0.25, -0.2) is 4.79 Å². The molecule has 0 radical (unpaired) electrons. The summed E-state index contributed by atoms with van der Waals surface area (Å²) in [5.41, 5.74) is -1.41. The van der Waals surface area contributed by atoms with Gasteiger partial charge in [0.15, 0.2) is 0 Å². The van der Waals surface area contributed by atoms with Gasteiger partial charge in [-0.1, -0.05) is 0 Å². The molecular weight excluding hydrogens is 302 g/mol. The van der Waals surface area contributed by atoms with E-state index in [-0.39, 0.29) is 25.6 Å². The van der Waals surface area contributed by atoms with E-state index in [0.717, 1.165) is 0 Å². The number of aliphatic hydroxyl groups is 1. The summed E-state index contributed by atoms with van der Waals surface area (Å²) >= 11 is 0. The number of ether oxygens (including phenoxy) is 3. The molecule has 0 bridgehead atoms. The van der Waals surface area contributed by atoms with Crippen molar-refractivity contribution in [3.63, 3.8) is 0 Å². The van der Waals surface area contributed by atoms with Crippen LogP contribution in [-0.2, 0) is 19.0 Å². The average Bonchev–Trinajstić information content (AvgIpc) is 2.61. The Morgan fingerprint density at radius 2 is 2.00 bits per heavy atom. The number of rotatable bonds is 5. The van der Waals surface area contributed by atoms with Crippen LogP contribution in [0.4, 0.5) is 4.79 Å². The van der Waals surface area contributed by atoms with Gasteiger partial charge in [-0.3, -0.25) is 9.69 Å². The van der Waals surface area contributed by atoms with Gasteiger partial charge in [-0.15, -0.1) is 0 Å². The Morgan fingerprint density at radius 3 is 2.52 bits per heavy atom. The summed E-state index contributed by atoms with van der Waals surface area (Å²) in [7, 11) is 0. The summed E-state index contributed by atoms with van der Waals surface area (Å²) in [6.45, 7) is 11.3. The van der Waals surface area contributed by atoms with Crippen LogP contribution in [0.3, 0.4) is 0 Å². The van der Waals surface area contributed by atoms with E-state index >= 15 is 0 Å². The first-order valence-electron chi connectivity index (χ1n) is 7.96. The third kappa shape index (κ3) is 6.35. The Kier molecular flexibility index (Phi) is 6.41. The van der Waals surface area contributed by atoms with E-state index in [1.807, 2.05) is 0 Å². The summed E-state index contributed by atoms with van der Waals surface area (Å²) in [6.07, 6.45) is -1.51. The SMILES string of the molecule is CCOC(=O)CC(O)CC1CN(C(=O)OC(C)(C)C)C(C)(C)O1. The van der Waals surface area contributed by atoms with Crippen LogP contribution in [-0.4, -0.2) is 58.8 Å². The molecule has 1 heterocycles. The average molecular weight is 331 g/mol. The molecule has 0 aromatic heterocycles. The van der Waals surface area contributed by atoms with Crippen LogP contribution in [0.1, 0.15) is 54.4 Å². The molecule has 0 spiro atoms. The fourth-order valence-electron chi connectivity index (χ4n) is 2.47. The molecule has 1 amide bonds. The summed E-state index contributed by atoms with van der Waals surface area (Å²) in [5.74, 6) is -0.443. The largest absolute Gasteiger partial charge is 0.466 e. The summed E-state index contributed by atoms with van der Waals surface area (Å²) in [5, 5.41) is 9.97. The van der Waals surface area contributed by atoms with Crippen LogP contribution in [0, 0.1) is 0 Å². The third-order valence-electron chi connectivity index (χ3n) is 3.35. The lowest BCUT2D eigenvalue weighted by Gasteiger charge is -2.31. The van der Waals surface area contributed by atoms with Gasteiger partial charge >= 0.3 is 12.1 Å². The minimum atomic E-state index is -0.867. The molecule has 0 saturated carbocycles. The van der Waals surface area contributed by atoms with Crippen molar-refractivity contribution in [2.75, 3.05) is 13.2 Å². The molecule has 2 atom stereocenters. The Hall–Kier alpha value is -1.34. The van der Waals surface area contributed by atoms with E-state index in [2.05, 4.69) is 0 Å². The van der Waals surface area contributed by atoms with Gasteiger partial charge in [-0.2, -0.15) is 0 Å². The van der Waals surface area contributed by atoms with Crippen molar-refractivity contribution >= 4 is 12.1 Å². The van der Waals surface area contributed by atoms with Crippen LogP contribution < -0.4 is 0 Å². The van der Waals surface area contributed by atoms with Crippen molar-refractivity contribution in [1.82, 2.24) is 4.90 Å². The number of amides is 1. The minimum Gasteiger partial charge on any atom is -0.466 e. The second kappa shape index (κ2) is 7.49. The zero-order valence-corrected chi connectivity index (χ0v) is 14.9. The second-order valence-electron chi connectivity index (χ2n) is 7.18. The quantitative estimate of drug-likeness (QED) is 0.776. The Bertz CT molecular complexity index is 429. The van der Waals surface area contributed by atoms with Gasteiger partial charge in [-0.05, 0) is 41.5 Å². The van der Waals surface area contributed by atoms with Gasteiger partial charge in [0.25, 0.3) is 0 Å². The van der Waals surface area contributed by atoms with Gasteiger partial charge in [0.05, 0.1) is 31.8 Å². The molecular formula is C16H29NO6. The maximum absolute atomic E-state index is 12.3. The van der Waals surface area contributed by atoms with Crippen LogP contribution >= 0.6 is 0 Å². The van der Waals surface area contributed by atoms with Gasteiger partial charge < -0.3 is 19.3 Å². The second-order valence-corrected chi connectivity index (χ2v) is 7.18. The highest BCUT2D eigenvalue weighted by Crippen LogP contribution is 2.30. The van der Waals surface area contributed by atoms with Gasteiger partial charge in [0, 0.05) is 6.42 Å². The highest BCUT2D eigenvalue weighted by molar-refractivity contribution is 5.70. The molecule has 23 heavy (non-hydrogen) atoms. The van der Waals surface area contributed by atoms with Crippen molar-refractivity contribution in [2.24, 2.45) is 0 Å². The molecule has 7 heteroatoms. The number of aliphatic hydroxyl groups excluding tert-OH is 1. The monoisotopic (exact) mass is 331 g/mol. The van der Waals surface area contributed by atoms with E-state index in [4.69, 9.17) is 14.2 Å². The predicted molar refractivity (Wildman–Crippen MR) is 83.8 cm³/mol. The number of nitrogens with zero attached hydrogens (tertiary/aromatic N) is 1. The normalized spacial score (nSPS) is 21.9. The molecule has 2 unspecified atom stereocenters. The van der Waals surface area contributed by atoms with Crippen molar-refractivity contribution in [1.29, 1.82) is 0 Å². The molecule has 1 rings (SSSR count). The standard InChI is InChI=1S/C16H29NO6/c1-7-21-13(19)9-11(18)8-12-10-17(16(5,6)22-12)14(20)23-15(2,3)4/h11-12,18H,7-10H2,1-6H3. The van der Waals surface area contributed by atoms with Crippen LogP contribution in [0.2, 0.25) is 0 Å². The summed E-state index contributed by atoms with van der Waals surface area (Å²) in [6, 6.07) is 0. The number of carbonyl (C=O) groups excluding carboxylic acids is 2. The van der Waals surface area contributed by atoms with Crippen molar-refractivity contribution in [2.45, 2.75) is 77.9 Å². The summed E-state index contributed by atoms with van der Waals surface area (Å²) in [4.78, 5) is 25.1. The Labute approximate surface area is 137 Å². The number of hydrogen-bond acceptors (Lipinski definition) is 6. The van der Waals surface area contributed by atoms with Crippen molar-refractivity contribution in [3.05, 3.63) is 0 Å². The maximum atomic E-state index is 12.3. The molecule has 1 N–H and O–H groups in total. The molecule has 0 aromatic carbocycles. The molecule has 134 valence electrons. The van der Waals surface area contributed by atoms with Gasteiger partial charge in [0.1, 0.15) is 11.3 Å². The molecule has 1 aliphatic heterocycles. The highest BCUT2D eigenvalue weighted by Gasteiger charge is 2.44. The fraction of sp³-hybridized carbons (Fsp3) is 0.875. The summed E-state index contributed by atoms with van der Waals surface area (Å²) < 4.78 is 16.0. The smallest absolute Gasteiger partial charge is 0.412 e. The lowest BCUT2D eigenvalue weighted by Crippen LogP contribution is -2.46. The van der Waals surface area contributed by atoms with E-state index in [9.17, 15) is 14.7 Å². The maximum Gasteiger partial charge on any atom is 0.412 e. The topological polar surface area (TPSA) is 85.3 Å². The first kappa shape index (κ1) is 19.7. The molecule has 7 nitrogen and oxygen atoms in total. The van der Waals surface area contributed by atoms with E-state index < -0.39 is 29.5 Å². The molecule has 1 aliphatic rings. The molecule has 0 aliphatic carbocycles. The number of esters is 1. The minimum absolute atomic E-state index is 0.0828. The van der Waals surface area contributed by atoms with Gasteiger partial charge in [0.2, 0.25) is 0 Å². The van der Waals surface area contributed by atoms with E-state index in [0.29, 0.717) is 6.54 Å². The molecule has 1 saturated heterocycles. The van der Waals surface area contributed by atoms with E-state index in [1.165, 1.54) is 4.90 Å². The van der Waals surface area contributed by atoms with Crippen LogP contribution in [0.25, 0.3) is 0 Å². The predicted octanol–water partition coefficient (Wildman–Crippen LogP) is 2.06. The first-order chi connectivity index (χ1) is 10.4. The van der Waals surface area contributed by atoms with Crippen LogP contribution in [0.5, 0.6) is 0 Å². The Balaban J connectivity index is 2.59. The molecule has 0 aromatic rings. The number of carbonyl (C=O) groups is 2. The first-order valence-corrected chi connectivity index (χ1v) is 7.96. The lowest BCUT2D eigenvalue weighted by atomic mass is 10.1. The fourth-order valence-corrected chi connectivity index (χ4v) is 2.47. The highest BCUT2D eigenvalue weighted by atomic mass is 16.6. The Morgan fingerprint density at radius 1 is 1.39 bits per heavy atom. The van der Waals surface area contributed by atoms with Crippen molar-refractivity contribution < 1.29 is 28.9 Å². The van der Waals surface area contributed by atoms with Crippen molar-refractivity contribution in [3.8, 4) is 0 Å². The zero-order valence-electron chi connectivity index (χ0n) is 14.9.